The molecule has 3 heteroatoms. The molecule has 0 radical (unpaired) electrons. The summed E-state index contributed by atoms with van der Waals surface area (Å²) in [5, 5.41) is 0. The summed E-state index contributed by atoms with van der Waals surface area (Å²) in [4.78, 5) is 4.02. The standard InChI is InChI=1S/C8H13N3/c1-6(2)7-5-10-4-3-8(7)11-9/h3-6H,9H2,1-2H3,(H,10,11). The van der Waals surface area contributed by atoms with Crippen molar-refractivity contribution in [2.75, 3.05) is 5.43 Å². The van der Waals surface area contributed by atoms with Crippen LogP contribution in [0.1, 0.15) is 25.3 Å². The van der Waals surface area contributed by atoms with E-state index in [2.05, 4.69) is 24.3 Å². The van der Waals surface area contributed by atoms with Crippen molar-refractivity contribution in [1.29, 1.82) is 0 Å². The molecule has 0 aliphatic carbocycles. The second-order valence-electron chi connectivity index (χ2n) is 2.76. The maximum absolute atomic E-state index is 5.31. The van der Waals surface area contributed by atoms with Crippen LogP contribution in [0.15, 0.2) is 18.5 Å². The second kappa shape index (κ2) is 3.34. The number of hydrogen-bond acceptors (Lipinski definition) is 3. The number of anilines is 1. The first kappa shape index (κ1) is 8.01. The molecule has 0 unspecified atom stereocenters. The zero-order valence-electron chi connectivity index (χ0n) is 6.83. The van der Waals surface area contributed by atoms with Crippen molar-refractivity contribution in [2.45, 2.75) is 19.8 Å². The molecule has 3 nitrogen and oxygen atoms in total. The number of rotatable bonds is 2. The van der Waals surface area contributed by atoms with Crippen LogP contribution in [0.4, 0.5) is 5.69 Å². The molecule has 0 aromatic carbocycles. The van der Waals surface area contributed by atoms with E-state index in [-0.39, 0.29) is 0 Å². The van der Waals surface area contributed by atoms with Gasteiger partial charge in [0.25, 0.3) is 0 Å². The second-order valence-corrected chi connectivity index (χ2v) is 2.76. The number of aromatic nitrogens is 1. The predicted octanol–water partition coefficient (Wildman–Crippen LogP) is 1.49. The largest absolute Gasteiger partial charge is 0.324 e. The van der Waals surface area contributed by atoms with Crippen LogP contribution in [0.5, 0.6) is 0 Å². The molecule has 0 bridgehead atoms. The van der Waals surface area contributed by atoms with Gasteiger partial charge in [-0.1, -0.05) is 13.8 Å². The van der Waals surface area contributed by atoms with Crippen molar-refractivity contribution in [3.8, 4) is 0 Å². The highest BCUT2D eigenvalue weighted by Gasteiger charge is 2.03. The van der Waals surface area contributed by atoms with Gasteiger partial charge in [0.1, 0.15) is 0 Å². The minimum Gasteiger partial charge on any atom is -0.324 e. The summed E-state index contributed by atoms with van der Waals surface area (Å²) in [5.41, 5.74) is 4.74. The number of nitrogens with two attached hydrogens (primary N) is 1. The summed E-state index contributed by atoms with van der Waals surface area (Å²) in [5.74, 6) is 5.76. The van der Waals surface area contributed by atoms with Gasteiger partial charge in [0.2, 0.25) is 0 Å². The normalized spacial score (nSPS) is 10.2. The Hall–Kier alpha value is -1.09. The Balaban J connectivity index is 3.02. The van der Waals surface area contributed by atoms with Crippen LogP contribution in [0, 0.1) is 0 Å². The van der Waals surface area contributed by atoms with Crippen molar-refractivity contribution >= 4 is 5.69 Å². The lowest BCUT2D eigenvalue weighted by molar-refractivity contribution is 0.858. The van der Waals surface area contributed by atoms with Gasteiger partial charge in [-0.15, -0.1) is 0 Å². The van der Waals surface area contributed by atoms with Crippen molar-refractivity contribution in [1.82, 2.24) is 4.98 Å². The van der Waals surface area contributed by atoms with Crippen molar-refractivity contribution in [2.24, 2.45) is 5.84 Å². The molecule has 0 saturated carbocycles. The Labute approximate surface area is 66.6 Å². The van der Waals surface area contributed by atoms with Gasteiger partial charge in [-0.3, -0.25) is 10.8 Å². The van der Waals surface area contributed by atoms with Crippen LogP contribution in [0.2, 0.25) is 0 Å². The summed E-state index contributed by atoms with van der Waals surface area (Å²) < 4.78 is 0. The topological polar surface area (TPSA) is 50.9 Å². The third-order valence-corrected chi connectivity index (χ3v) is 1.63. The van der Waals surface area contributed by atoms with Crippen LogP contribution < -0.4 is 11.3 Å². The van der Waals surface area contributed by atoms with Gasteiger partial charge in [-0.05, 0) is 17.5 Å². The number of pyridine rings is 1. The summed E-state index contributed by atoms with van der Waals surface area (Å²) >= 11 is 0. The Bertz CT molecular complexity index is 233. The maximum atomic E-state index is 5.31. The van der Waals surface area contributed by atoms with Gasteiger partial charge < -0.3 is 5.43 Å². The van der Waals surface area contributed by atoms with Crippen molar-refractivity contribution < 1.29 is 0 Å². The molecule has 60 valence electrons. The molecule has 0 amide bonds. The fourth-order valence-electron chi connectivity index (χ4n) is 0.998. The highest BCUT2D eigenvalue weighted by atomic mass is 15.2. The molecule has 0 atom stereocenters. The third-order valence-electron chi connectivity index (χ3n) is 1.63. The quantitative estimate of drug-likeness (QED) is 0.497. The first-order valence-electron chi connectivity index (χ1n) is 3.66. The zero-order valence-corrected chi connectivity index (χ0v) is 6.83. The van der Waals surface area contributed by atoms with E-state index in [1.807, 2.05) is 12.3 Å². The number of hydrazine groups is 1. The maximum Gasteiger partial charge on any atom is 0.0550 e. The Morgan fingerprint density at radius 1 is 1.55 bits per heavy atom. The van der Waals surface area contributed by atoms with E-state index in [1.165, 1.54) is 0 Å². The van der Waals surface area contributed by atoms with Crippen molar-refractivity contribution in [3.63, 3.8) is 0 Å². The molecule has 11 heavy (non-hydrogen) atoms. The third kappa shape index (κ3) is 1.68. The minimum atomic E-state index is 0.453. The van der Waals surface area contributed by atoms with E-state index >= 15 is 0 Å². The average Bonchev–Trinajstić information content (AvgIpc) is 2.04. The molecule has 3 N–H and O–H groups in total. The number of hydrogen-bond donors (Lipinski definition) is 2. The summed E-state index contributed by atoms with van der Waals surface area (Å²) in [7, 11) is 0. The molecule has 1 heterocycles. The smallest absolute Gasteiger partial charge is 0.0550 e. The van der Waals surface area contributed by atoms with E-state index in [0.717, 1.165) is 11.3 Å². The van der Waals surface area contributed by atoms with Gasteiger partial charge in [0, 0.05) is 12.4 Å². The SMILES string of the molecule is CC(C)c1cnccc1NN. The molecule has 0 spiro atoms. The van der Waals surface area contributed by atoms with E-state index in [1.54, 1.807) is 6.20 Å². The van der Waals surface area contributed by atoms with Gasteiger partial charge in [-0.2, -0.15) is 0 Å². The molecule has 0 aliphatic heterocycles. The van der Waals surface area contributed by atoms with Crippen LogP contribution in [-0.4, -0.2) is 4.98 Å². The molecular formula is C8H13N3. The summed E-state index contributed by atoms with van der Waals surface area (Å²) in [6.07, 6.45) is 3.56. The van der Waals surface area contributed by atoms with Gasteiger partial charge in [-0.25, -0.2) is 0 Å². The molecule has 0 aliphatic rings. The molecule has 0 saturated heterocycles. The fourth-order valence-corrected chi connectivity index (χ4v) is 0.998. The lowest BCUT2D eigenvalue weighted by Crippen LogP contribution is -2.09. The van der Waals surface area contributed by atoms with Gasteiger partial charge in [0.05, 0.1) is 5.69 Å². The lowest BCUT2D eigenvalue weighted by Gasteiger charge is -2.09. The zero-order chi connectivity index (χ0) is 8.27. The number of nitrogens with zero attached hydrogens (tertiary/aromatic N) is 1. The Morgan fingerprint density at radius 3 is 2.73 bits per heavy atom. The van der Waals surface area contributed by atoms with Crippen LogP contribution in [-0.2, 0) is 0 Å². The van der Waals surface area contributed by atoms with Crippen LogP contribution >= 0.6 is 0 Å². The molecular weight excluding hydrogens is 138 g/mol. The Kier molecular flexibility index (Phi) is 2.44. The van der Waals surface area contributed by atoms with Crippen LogP contribution in [0.25, 0.3) is 0 Å². The van der Waals surface area contributed by atoms with Gasteiger partial charge in [0.15, 0.2) is 0 Å². The number of nitrogen functional groups attached to an aromatic ring is 1. The first-order chi connectivity index (χ1) is 5.25. The first-order valence-corrected chi connectivity index (χ1v) is 3.66. The molecule has 1 rings (SSSR count). The monoisotopic (exact) mass is 151 g/mol. The lowest BCUT2D eigenvalue weighted by atomic mass is 10.0. The van der Waals surface area contributed by atoms with Crippen LogP contribution in [0.3, 0.4) is 0 Å². The fraction of sp³-hybridized carbons (Fsp3) is 0.375. The van der Waals surface area contributed by atoms with E-state index < -0.39 is 0 Å². The van der Waals surface area contributed by atoms with Gasteiger partial charge >= 0.3 is 0 Å². The molecule has 1 aromatic heterocycles. The minimum absolute atomic E-state index is 0.453. The molecule has 1 aromatic rings. The number of nitrogens with one attached hydrogen (secondary N) is 1. The Morgan fingerprint density at radius 2 is 2.27 bits per heavy atom. The van der Waals surface area contributed by atoms with E-state index in [0.29, 0.717) is 5.92 Å². The summed E-state index contributed by atoms with van der Waals surface area (Å²) in [6, 6.07) is 1.87. The summed E-state index contributed by atoms with van der Waals surface area (Å²) in [6.45, 7) is 4.22. The highest BCUT2D eigenvalue weighted by molar-refractivity contribution is 5.49. The van der Waals surface area contributed by atoms with E-state index in [9.17, 15) is 0 Å². The predicted molar refractivity (Wildman–Crippen MR) is 46.1 cm³/mol. The van der Waals surface area contributed by atoms with E-state index in [4.69, 9.17) is 5.84 Å². The average molecular weight is 151 g/mol. The molecule has 0 fully saturated rings. The van der Waals surface area contributed by atoms with Crippen molar-refractivity contribution in [3.05, 3.63) is 24.0 Å². The highest BCUT2D eigenvalue weighted by Crippen LogP contribution is 2.20.